The Morgan fingerprint density at radius 2 is 2.09 bits per heavy atom. The number of aromatic nitrogens is 3. The summed E-state index contributed by atoms with van der Waals surface area (Å²) in [6.45, 7) is 0.719. The number of rotatable bonds is 4. The number of ether oxygens (including phenoxy) is 2. The number of carbonyl (C=O) groups is 1. The van der Waals surface area contributed by atoms with Crippen LogP contribution in [-0.2, 0) is 17.8 Å². The van der Waals surface area contributed by atoms with Crippen LogP contribution in [-0.4, -0.2) is 68.8 Å². The van der Waals surface area contributed by atoms with Crippen molar-refractivity contribution in [1.82, 2.24) is 24.4 Å². The Kier molecular flexibility index (Phi) is 5.24. The second-order valence-electron chi connectivity index (χ2n) is 9.38. The van der Waals surface area contributed by atoms with Gasteiger partial charge in [-0.1, -0.05) is 11.6 Å². The number of benzene rings is 1. The van der Waals surface area contributed by atoms with Gasteiger partial charge in [-0.3, -0.25) is 9.69 Å². The minimum absolute atomic E-state index is 0.103. The summed E-state index contributed by atoms with van der Waals surface area (Å²) < 4.78 is 27.8. The van der Waals surface area contributed by atoms with Gasteiger partial charge in [0, 0.05) is 43.4 Å². The number of hydrogen-bond acceptors (Lipinski definition) is 6. The molecule has 0 saturated carbocycles. The average Bonchev–Trinajstić information content (AvgIpc) is 3.40. The van der Waals surface area contributed by atoms with Crippen molar-refractivity contribution in [2.75, 3.05) is 14.2 Å². The van der Waals surface area contributed by atoms with Crippen molar-refractivity contribution < 1.29 is 18.7 Å². The minimum Gasteiger partial charge on any atom is -0.489 e. The quantitative estimate of drug-likeness (QED) is 0.564. The molecule has 10 heteroatoms. The van der Waals surface area contributed by atoms with Crippen LogP contribution in [0.4, 0.5) is 4.39 Å². The first-order valence-electron chi connectivity index (χ1n) is 11.4. The Balaban J connectivity index is 1.23. The lowest BCUT2D eigenvalue weighted by Crippen LogP contribution is -2.46. The van der Waals surface area contributed by atoms with E-state index in [0.717, 1.165) is 30.5 Å². The largest absolute Gasteiger partial charge is 0.489 e. The minimum atomic E-state index is -0.430. The molecule has 5 heterocycles. The maximum Gasteiger partial charge on any atom is 0.258 e. The monoisotopic (exact) mass is 485 g/mol. The number of fused-ring (bicyclic) bond motifs is 5. The van der Waals surface area contributed by atoms with E-state index >= 15 is 0 Å². The second-order valence-corrected chi connectivity index (χ2v) is 9.81. The SMILES string of the molecule is COC1CC2C[C@H](Oc3cc(F)ccc3C(=O)N3Cc4nn5cc(Cl)cnc5c4C3)CC1N2C. The van der Waals surface area contributed by atoms with Crippen molar-refractivity contribution in [3.63, 3.8) is 0 Å². The van der Waals surface area contributed by atoms with E-state index in [0.29, 0.717) is 35.4 Å². The number of halogens is 2. The molecule has 0 N–H and O–H groups in total. The summed E-state index contributed by atoms with van der Waals surface area (Å²) in [5.41, 5.74) is 2.71. The third-order valence-electron chi connectivity index (χ3n) is 7.44. The fourth-order valence-corrected chi connectivity index (χ4v) is 5.85. The number of amides is 1. The van der Waals surface area contributed by atoms with Gasteiger partial charge in [0.25, 0.3) is 5.91 Å². The van der Waals surface area contributed by atoms with E-state index in [2.05, 4.69) is 22.0 Å². The molecule has 2 aromatic heterocycles. The summed E-state index contributed by atoms with van der Waals surface area (Å²) >= 11 is 6.01. The van der Waals surface area contributed by atoms with Gasteiger partial charge >= 0.3 is 0 Å². The smallest absolute Gasteiger partial charge is 0.258 e. The third-order valence-corrected chi connectivity index (χ3v) is 7.63. The molecule has 178 valence electrons. The van der Waals surface area contributed by atoms with Gasteiger partial charge in [-0.15, -0.1) is 0 Å². The van der Waals surface area contributed by atoms with Crippen LogP contribution in [0.5, 0.6) is 5.75 Å². The molecule has 3 aliphatic heterocycles. The van der Waals surface area contributed by atoms with Crippen LogP contribution in [0.1, 0.15) is 40.9 Å². The van der Waals surface area contributed by atoms with Gasteiger partial charge in [0.2, 0.25) is 0 Å². The highest BCUT2D eigenvalue weighted by Gasteiger charge is 2.46. The highest BCUT2D eigenvalue weighted by molar-refractivity contribution is 6.30. The fraction of sp³-hybridized carbons (Fsp3) is 0.458. The van der Waals surface area contributed by atoms with Crippen molar-refractivity contribution in [2.24, 2.45) is 0 Å². The first-order valence-corrected chi connectivity index (χ1v) is 11.8. The molecule has 34 heavy (non-hydrogen) atoms. The zero-order valence-electron chi connectivity index (χ0n) is 18.9. The molecule has 0 aliphatic carbocycles. The Bertz CT molecular complexity index is 1280. The molecule has 3 aliphatic rings. The van der Waals surface area contributed by atoms with E-state index in [-0.39, 0.29) is 29.9 Å². The first kappa shape index (κ1) is 21.8. The van der Waals surface area contributed by atoms with Crippen molar-refractivity contribution in [1.29, 1.82) is 0 Å². The molecular weight excluding hydrogens is 461 g/mol. The standard InChI is InChI=1S/C24H25ClFN5O3/c1-29-15-6-16(8-20(29)22(7-15)33-2)34-21-5-14(26)3-4-17(21)24(32)30-11-18-19(12-30)28-31-10-13(25)9-27-23(18)31/h3-5,9-10,15-16,20,22H,6-8,11-12H2,1-2H3/t15?,16-,20?,22?/m0/s1. The molecule has 4 atom stereocenters. The van der Waals surface area contributed by atoms with Crippen molar-refractivity contribution >= 4 is 23.2 Å². The van der Waals surface area contributed by atoms with Crippen molar-refractivity contribution in [3.05, 3.63) is 58.3 Å². The zero-order valence-corrected chi connectivity index (χ0v) is 19.7. The van der Waals surface area contributed by atoms with Gasteiger partial charge in [0.1, 0.15) is 17.7 Å². The number of likely N-dealkylation sites (N-methyl/N-ethyl adjacent to an activating group) is 1. The summed E-state index contributed by atoms with van der Waals surface area (Å²) in [5, 5.41) is 5.02. The van der Waals surface area contributed by atoms with Crippen molar-refractivity contribution in [3.8, 4) is 5.75 Å². The predicted octanol–water partition coefficient (Wildman–Crippen LogP) is 3.31. The molecule has 0 spiro atoms. The van der Waals surface area contributed by atoms with E-state index in [4.69, 9.17) is 21.1 Å². The molecular formula is C24H25ClFN5O3. The molecule has 3 aromatic rings. The molecule has 0 radical (unpaired) electrons. The Morgan fingerprint density at radius 3 is 2.91 bits per heavy atom. The highest BCUT2D eigenvalue weighted by Crippen LogP contribution is 2.38. The summed E-state index contributed by atoms with van der Waals surface area (Å²) in [6, 6.07) is 4.74. The van der Waals surface area contributed by atoms with Crippen LogP contribution in [0, 0.1) is 5.82 Å². The first-order chi connectivity index (χ1) is 16.4. The maximum absolute atomic E-state index is 14.2. The second kappa shape index (κ2) is 8.18. The Morgan fingerprint density at radius 1 is 1.24 bits per heavy atom. The van der Waals surface area contributed by atoms with E-state index in [1.54, 1.807) is 28.9 Å². The zero-order chi connectivity index (χ0) is 23.6. The number of methoxy groups -OCH3 is 1. The lowest BCUT2D eigenvalue weighted by molar-refractivity contribution is 0.0235. The molecule has 1 amide bonds. The van der Waals surface area contributed by atoms with Crippen LogP contribution < -0.4 is 4.74 Å². The van der Waals surface area contributed by atoms with Gasteiger partial charge in [-0.25, -0.2) is 13.9 Å². The molecule has 1 aromatic carbocycles. The van der Waals surface area contributed by atoms with Crippen LogP contribution >= 0.6 is 11.6 Å². The molecule has 3 unspecified atom stereocenters. The number of hydrogen-bond donors (Lipinski definition) is 0. The molecule has 8 nitrogen and oxygen atoms in total. The molecule has 2 saturated heterocycles. The molecule has 2 fully saturated rings. The van der Waals surface area contributed by atoms with E-state index < -0.39 is 5.82 Å². The molecule has 6 rings (SSSR count). The van der Waals surface area contributed by atoms with E-state index in [1.807, 2.05) is 0 Å². The number of nitrogens with zero attached hydrogens (tertiary/aromatic N) is 5. The number of carbonyl (C=O) groups excluding carboxylic acids is 1. The number of piperidine rings is 1. The van der Waals surface area contributed by atoms with Crippen molar-refractivity contribution in [2.45, 2.75) is 56.6 Å². The summed E-state index contributed by atoms with van der Waals surface area (Å²) in [4.78, 5) is 21.9. The summed E-state index contributed by atoms with van der Waals surface area (Å²) in [6.07, 6.45) is 5.88. The van der Waals surface area contributed by atoms with Crippen LogP contribution in [0.2, 0.25) is 5.02 Å². The van der Waals surface area contributed by atoms with Gasteiger partial charge in [0.05, 0.1) is 41.7 Å². The predicted molar refractivity (Wildman–Crippen MR) is 122 cm³/mol. The van der Waals surface area contributed by atoms with Gasteiger partial charge in [-0.05, 0) is 32.0 Å². The normalized spacial score (nSPS) is 26.3. The Hall–Kier alpha value is -2.75. The highest BCUT2D eigenvalue weighted by atomic mass is 35.5. The summed E-state index contributed by atoms with van der Waals surface area (Å²) in [7, 11) is 3.86. The maximum atomic E-state index is 14.2. The lowest BCUT2D eigenvalue weighted by atomic mass is 10.00. The third kappa shape index (κ3) is 3.54. The molecule has 2 bridgehead atoms. The summed E-state index contributed by atoms with van der Waals surface area (Å²) in [5.74, 6) is -0.358. The Labute approximate surface area is 201 Å². The van der Waals surface area contributed by atoms with Crippen LogP contribution in [0.15, 0.2) is 30.6 Å². The average molecular weight is 486 g/mol. The fourth-order valence-electron chi connectivity index (χ4n) is 5.71. The topological polar surface area (TPSA) is 72.2 Å². The van der Waals surface area contributed by atoms with Gasteiger partial charge in [0.15, 0.2) is 5.65 Å². The van der Waals surface area contributed by atoms with Gasteiger partial charge in [-0.2, -0.15) is 5.10 Å². The van der Waals surface area contributed by atoms with Crippen LogP contribution in [0.3, 0.4) is 0 Å². The van der Waals surface area contributed by atoms with E-state index in [1.165, 1.54) is 18.2 Å². The van der Waals surface area contributed by atoms with E-state index in [9.17, 15) is 9.18 Å². The van der Waals surface area contributed by atoms with Crippen LogP contribution in [0.25, 0.3) is 5.65 Å². The lowest BCUT2D eigenvalue weighted by Gasteiger charge is -2.37. The van der Waals surface area contributed by atoms with Gasteiger partial charge < -0.3 is 14.4 Å².